The summed E-state index contributed by atoms with van der Waals surface area (Å²) in [5.74, 6) is -0.953. The van der Waals surface area contributed by atoms with Gasteiger partial charge in [0, 0.05) is 0 Å². The molecule has 62 valence electrons. The lowest BCUT2D eigenvalue weighted by Crippen LogP contribution is -2.00. The zero-order valence-corrected chi connectivity index (χ0v) is 6.72. The highest BCUT2D eigenvalue weighted by molar-refractivity contribution is 7.95. The van der Waals surface area contributed by atoms with E-state index < -0.39 is 5.97 Å². The number of anilines is 1. The highest BCUT2D eigenvalue weighted by Gasteiger charge is 2.19. The van der Waals surface area contributed by atoms with Crippen LogP contribution in [0.2, 0.25) is 0 Å². The molecular weight excluding hydrogens is 178 g/mol. The summed E-state index contributed by atoms with van der Waals surface area (Å²) in [6, 6.07) is 5.02. The molecule has 0 radical (unpaired) electrons. The molecule has 0 amide bonds. The van der Waals surface area contributed by atoms with E-state index in [9.17, 15) is 4.79 Å². The van der Waals surface area contributed by atoms with Crippen molar-refractivity contribution in [2.24, 2.45) is 0 Å². The Labute approximate surface area is 72.7 Å². The van der Waals surface area contributed by atoms with Crippen molar-refractivity contribution in [1.82, 2.24) is 0 Å². The molecule has 1 aliphatic heterocycles. The quantitative estimate of drug-likeness (QED) is 0.649. The van der Waals surface area contributed by atoms with Crippen LogP contribution in [0, 0.1) is 0 Å². The molecule has 1 heterocycles. The molecule has 0 bridgehead atoms. The second kappa shape index (κ2) is 2.69. The zero-order valence-electron chi connectivity index (χ0n) is 5.90. The van der Waals surface area contributed by atoms with E-state index >= 15 is 0 Å². The van der Waals surface area contributed by atoms with Gasteiger partial charge in [0.15, 0.2) is 0 Å². The molecule has 4 nitrogen and oxygen atoms in total. The summed E-state index contributed by atoms with van der Waals surface area (Å²) < 4.78 is 4.81. The van der Waals surface area contributed by atoms with E-state index in [2.05, 4.69) is 5.48 Å². The lowest BCUT2D eigenvalue weighted by molar-refractivity contribution is 0.0697. The fraction of sp³-hybridized carbons (Fsp3) is 0. The van der Waals surface area contributed by atoms with Gasteiger partial charge in [-0.3, -0.25) is 5.48 Å². The van der Waals surface area contributed by atoms with Crippen LogP contribution in [0.3, 0.4) is 0 Å². The molecule has 0 unspecified atom stereocenters. The largest absolute Gasteiger partial charge is 0.478 e. The maximum absolute atomic E-state index is 10.7. The SMILES string of the molecule is O=C(O)c1cccc2c1NOS2. The van der Waals surface area contributed by atoms with Crippen molar-refractivity contribution in [3.8, 4) is 0 Å². The first-order valence-corrected chi connectivity index (χ1v) is 3.99. The van der Waals surface area contributed by atoms with Crippen molar-refractivity contribution < 1.29 is 14.2 Å². The Kier molecular flexibility index (Phi) is 1.67. The summed E-state index contributed by atoms with van der Waals surface area (Å²) in [4.78, 5) is 11.5. The van der Waals surface area contributed by atoms with Gasteiger partial charge >= 0.3 is 5.97 Å². The van der Waals surface area contributed by atoms with E-state index in [0.29, 0.717) is 5.69 Å². The Balaban J connectivity index is 2.56. The Morgan fingerprint density at radius 3 is 3.17 bits per heavy atom. The number of rotatable bonds is 1. The molecular formula is C7H5NO3S. The zero-order chi connectivity index (χ0) is 8.55. The minimum Gasteiger partial charge on any atom is -0.478 e. The van der Waals surface area contributed by atoms with Gasteiger partial charge < -0.3 is 5.11 Å². The number of hydrogen-bond acceptors (Lipinski definition) is 4. The molecule has 0 spiro atoms. The van der Waals surface area contributed by atoms with Crippen molar-refractivity contribution in [2.75, 3.05) is 5.48 Å². The van der Waals surface area contributed by atoms with Crippen molar-refractivity contribution in [3.63, 3.8) is 0 Å². The van der Waals surface area contributed by atoms with E-state index in [1.807, 2.05) is 0 Å². The van der Waals surface area contributed by atoms with Gasteiger partial charge in [-0.05, 0) is 12.1 Å². The molecule has 5 heteroatoms. The van der Waals surface area contributed by atoms with Crippen LogP contribution in [-0.4, -0.2) is 11.1 Å². The van der Waals surface area contributed by atoms with Crippen LogP contribution >= 0.6 is 12.0 Å². The summed E-state index contributed by atoms with van der Waals surface area (Å²) in [6.07, 6.45) is 0. The van der Waals surface area contributed by atoms with E-state index in [0.717, 1.165) is 16.9 Å². The Morgan fingerprint density at radius 2 is 2.42 bits per heavy atom. The Hall–Kier alpha value is -1.20. The van der Waals surface area contributed by atoms with Crippen LogP contribution in [0.4, 0.5) is 5.69 Å². The molecule has 0 atom stereocenters. The number of hydrogen-bond donors (Lipinski definition) is 2. The number of benzene rings is 1. The van der Waals surface area contributed by atoms with Crippen LogP contribution in [0.25, 0.3) is 0 Å². The Morgan fingerprint density at radius 1 is 1.58 bits per heavy atom. The molecule has 0 aliphatic carbocycles. The minimum atomic E-state index is -0.953. The fourth-order valence-electron chi connectivity index (χ4n) is 0.991. The molecule has 0 aromatic heterocycles. The number of carbonyl (C=O) groups is 1. The standard InChI is InChI=1S/C7H5NO3S/c9-7(10)4-2-1-3-5-6(4)8-11-12-5/h1-3,8H,(H,9,10). The third kappa shape index (κ3) is 1.03. The normalized spacial score (nSPS) is 13.7. The van der Waals surface area contributed by atoms with Gasteiger partial charge in [0.05, 0.1) is 28.2 Å². The number of para-hydroxylation sites is 1. The second-order valence-corrected chi connectivity index (χ2v) is 3.03. The highest BCUT2D eigenvalue weighted by Crippen LogP contribution is 2.36. The van der Waals surface area contributed by atoms with Crippen LogP contribution in [0.1, 0.15) is 10.4 Å². The molecule has 2 N–H and O–H groups in total. The van der Waals surface area contributed by atoms with Crippen LogP contribution in [-0.2, 0) is 4.28 Å². The van der Waals surface area contributed by atoms with Gasteiger partial charge in [0.1, 0.15) is 0 Å². The minimum absolute atomic E-state index is 0.234. The van der Waals surface area contributed by atoms with Crippen LogP contribution in [0.15, 0.2) is 23.1 Å². The first-order chi connectivity index (χ1) is 5.79. The second-order valence-electron chi connectivity index (χ2n) is 2.25. The monoisotopic (exact) mass is 183 g/mol. The molecule has 0 fully saturated rings. The number of fused-ring (bicyclic) bond motifs is 1. The number of nitrogens with one attached hydrogen (secondary N) is 1. The molecule has 0 saturated heterocycles. The number of aromatic carboxylic acids is 1. The van der Waals surface area contributed by atoms with E-state index in [4.69, 9.17) is 9.39 Å². The topological polar surface area (TPSA) is 58.6 Å². The average Bonchev–Trinajstić information content (AvgIpc) is 2.49. The van der Waals surface area contributed by atoms with Gasteiger partial charge in [-0.25, -0.2) is 4.79 Å². The molecule has 12 heavy (non-hydrogen) atoms. The molecule has 1 aromatic rings. The van der Waals surface area contributed by atoms with Crippen molar-refractivity contribution >= 4 is 23.7 Å². The van der Waals surface area contributed by atoms with Gasteiger partial charge in [-0.15, -0.1) is 0 Å². The van der Waals surface area contributed by atoms with Gasteiger partial charge in [-0.2, -0.15) is 4.28 Å². The number of carboxylic acid groups (broad SMARTS) is 1. The maximum atomic E-state index is 10.7. The molecule has 1 aliphatic rings. The number of carboxylic acids is 1. The van der Waals surface area contributed by atoms with Gasteiger partial charge in [-0.1, -0.05) is 6.07 Å². The maximum Gasteiger partial charge on any atom is 0.337 e. The fourth-order valence-corrected chi connectivity index (χ4v) is 1.58. The van der Waals surface area contributed by atoms with E-state index in [-0.39, 0.29) is 5.56 Å². The van der Waals surface area contributed by atoms with Crippen molar-refractivity contribution in [3.05, 3.63) is 23.8 Å². The summed E-state index contributed by atoms with van der Waals surface area (Å²) in [7, 11) is 0. The molecule has 1 aromatic carbocycles. The third-order valence-corrected chi connectivity index (χ3v) is 2.22. The summed E-state index contributed by atoms with van der Waals surface area (Å²) in [5, 5.41) is 8.74. The van der Waals surface area contributed by atoms with Gasteiger partial charge in [0.2, 0.25) is 0 Å². The predicted molar refractivity (Wildman–Crippen MR) is 44.0 cm³/mol. The molecule has 2 rings (SSSR count). The molecule has 0 saturated carbocycles. The predicted octanol–water partition coefficient (Wildman–Crippen LogP) is 1.75. The van der Waals surface area contributed by atoms with E-state index in [1.165, 1.54) is 6.07 Å². The van der Waals surface area contributed by atoms with Crippen LogP contribution < -0.4 is 5.48 Å². The summed E-state index contributed by atoms with van der Waals surface area (Å²) in [5.41, 5.74) is 3.30. The van der Waals surface area contributed by atoms with Crippen molar-refractivity contribution in [1.29, 1.82) is 0 Å². The summed E-state index contributed by atoms with van der Waals surface area (Å²) in [6.45, 7) is 0. The first-order valence-electron chi connectivity index (χ1n) is 3.25. The summed E-state index contributed by atoms with van der Waals surface area (Å²) >= 11 is 1.12. The lowest BCUT2D eigenvalue weighted by Gasteiger charge is -1.99. The highest BCUT2D eigenvalue weighted by atomic mass is 32.2. The van der Waals surface area contributed by atoms with Gasteiger partial charge in [0.25, 0.3) is 0 Å². The smallest absolute Gasteiger partial charge is 0.337 e. The Bertz CT molecular complexity index is 339. The average molecular weight is 183 g/mol. The van der Waals surface area contributed by atoms with E-state index in [1.54, 1.807) is 12.1 Å². The third-order valence-electron chi connectivity index (χ3n) is 1.53. The van der Waals surface area contributed by atoms with Crippen molar-refractivity contribution in [2.45, 2.75) is 4.90 Å². The first kappa shape index (κ1) is 7.45. The lowest BCUT2D eigenvalue weighted by atomic mass is 10.2. The van der Waals surface area contributed by atoms with Crippen LogP contribution in [0.5, 0.6) is 0 Å².